The first-order chi connectivity index (χ1) is 12.3. The van der Waals surface area contributed by atoms with Gasteiger partial charge in [0.25, 0.3) is 5.56 Å². The largest absolute Gasteiger partial charge is 0.463 e. The summed E-state index contributed by atoms with van der Waals surface area (Å²) in [4.78, 5) is 52.3. The first-order valence-electron chi connectivity index (χ1n) is 8.40. The Morgan fingerprint density at radius 1 is 1.42 bits per heavy atom. The molecule has 0 amide bonds. The molecule has 142 valence electrons. The van der Waals surface area contributed by atoms with Crippen LogP contribution in [0.2, 0.25) is 0 Å². The number of aryl methyl sites for hydroxylation is 1. The minimum atomic E-state index is -0.630. The van der Waals surface area contributed by atoms with Crippen LogP contribution < -0.4 is 11.2 Å². The molecule has 0 radical (unpaired) electrons. The van der Waals surface area contributed by atoms with Crippen molar-refractivity contribution in [1.29, 1.82) is 0 Å². The number of ether oxygens (including phenoxy) is 2. The molecule has 2 rings (SSSR count). The van der Waals surface area contributed by atoms with Crippen molar-refractivity contribution in [3.8, 4) is 0 Å². The number of ketones is 1. The van der Waals surface area contributed by atoms with Gasteiger partial charge in [-0.3, -0.25) is 24.1 Å². The standard InChI is InChI=1S/C17H23N3O6/c1-10-8-20(17(24)19-16(10)23)14-7-12(18-3)13(26-14)9-25-15(22)6-4-5-11(2)21/h8,12-14H,3-7,9H2,1-2H3,(H,19,23,24)/t12?,13-,14-/m1/s1. The van der Waals surface area contributed by atoms with Gasteiger partial charge in [-0.1, -0.05) is 0 Å². The molecule has 1 fully saturated rings. The smallest absolute Gasteiger partial charge is 0.330 e. The first kappa shape index (κ1) is 19.8. The molecule has 1 aliphatic rings. The zero-order chi connectivity index (χ0) is 19.3. The third-order valence-electron chi connectivity index (χ3n) is 4.21. The number of nitrogens with one attached hydrogen (secondary N) is 1. The lowest BCUT2D eigenvalue weighted by molar-refractivity contribution is -0.148. The van der Waals surface area contributed by atoms with E-state index >= 15 is 0 Å². The second-order valence-corrected chi connectivity index (χ2v) is 6.33. The number of esters is 1. The Morgan fingerprint density at radius 2 is 2.15 bits per heavy atom. The van der Waals surface area contributed by atoms with E-state index in [4.69, 9.17) is 9.47 Å². The maximum atomic E-state index is 12.0. The third-order valence-corrected chi connectivity index (χ3v) is 4.21. The summed E-state index contributed by atoms with van der Waals surface area (Å²) < 4.78 is 12.3. The highest BCUT2D eigenvalue weighted by Crippen LogP contribution is 2.30. The van der Waals surface area contributed by atoms with E-state index in [2.05, 4.69) is 16.7 Å². The van der Waals surface area contributed by atoms with E-state index in [9.17, 15) is 19.2 Å². The van der Waals surface area contributed by atoms with Gasteiger partial charge in [0.15, 0.2) is 0 Å². The molecule has 1 unspecified atom stereocenters. The Bertz CT molecular complexity index is 796. The Labute approximate surface area is 150 Å². The van der Waals surface area contributed by atoms with Crippen molar-refractivity contribution in [1.82, 2.24) is 9.55 Å². The van der Waals surface area contributed by atoms with E-state index in [0.29, 0.717) is 24.8 Å². The number of Topliss-reactive ketones (excluding diaryl/α,β-unsaturated/α-hetero) is 1. The van der Waals surface area contributed by atoms with Gasteiger partial charge >= 0.3 is 11.7 Å². The predicted octanol–water partition coefficient (Wildman–Crippen LogP) is 0.504. The van der Waals surface area contributed by atoms with Gasteiger partial charge < -0.3 is 14.3 Å². The molecule has 2 heterocycles. The van der Waals surface area contributed by atoms with Crippen molar-refractivity contribution >= 4 is 18.5 Å². The van der Waals surface area contributed by atoms with Crippen molar-refractivity contribution in [2.45, 2.75) is 57.9 Å². The number of carbonyl (C=O) groups is 2. The van der Waals surface area contributed by atoms with Crippen molar-refractivity contribution < 1.29 is 19.1 Å². The van der Waals surface area contributed by atoms with Crippen molar-refractivity contribution in [2.75, 3.05) is 6.61 Å². The van der Waals surface area contributed by atoms with Crippen LogP contribution in [0, 0.1) is 6.92 Å². The zero-order valence-electron chi connectivity index (χ0n) is 14.9. The molecule has 0 bridgehead atoms. The molecule has 1 aromatic heterocycles. The minimum Gasteiger partial charge on any atom is -0.463 e. The molecule has 1 saturated heterocycles. The normalized spacial score (nSPS) is 22.2. The molecule has 0 aliphatic carbocycles. The van der Waals surface area contributed by atoms with Gasteiger partial charge in [0.1, 0.15) is 24.7 Å². The van der Waals surface area contributed by atoms with Gasteiger partial charge in [-0.2, -0.15) is 0 Å². The van der Waals surface area contributed by atoms with Crippen LogP contribution >= 0.6 is 0 Å². The quantitative estimate of drug-likeness (QED) is 0.529. The maximum absolute atomic E-state index is 12.0. The lowest BCUT2D eigenvalue weighted by Gasteiger charge is -2.16. The summed E-state index contributed by atoms with van der Waals surface area (Å²) in [6, 6.07) is -0.343. The fourth-order valence-electron chi connectivity index (χ4n) is 2.76. The molecule has 1 N–H and O–H groups in total. The summed E-state index contributed by atoms with van der Waals surface area (Å²) in [6.45, 7) is 6.56. The fraction of sp³-hybridized carbons (Fsp3) is 0.588. The number of rotatable bonds is 8. The van der Waals surface area contributed by atoms with Crippen LogP contribution in [0.25, 0.3) is 0 Å². The molecule has 26 heavy (non-hydrogen) atoms. The number of aromatic nitrogens is 2. The SMILES string of the molecule is C=NC1C[C@H](n2cc(C)c(=O)[nH]c2=O)O[C@@H]1COC(=O)CCCC(C)=O. The van der Waals surface area contributed by atoms with Crippen LogP contribution in [0.3, 0.4) is 0 Å². The number of nitrogens with zero attached hydrogens (tertiary/aromatic N) is 2. The molecule has 1 aromatic rings. The van der Waals surface area contributed by atoms with Gasteiger partial charge in [-0.15, -0.1) is 0 Å². The molecule has 1 aliphatic heterocycles. The maximum Gasteiger partial charge on any atom is 0.330 e. The number of aliphatic imine (C=N–C) groups is 1. The number of aromatic amines is 1. The molecule has 0 aromatic carbocycles. The number of carbonyl (C=O) groups excluding carboxylic acids is 2. The highest BCUT2D eigenvalue weighted by atomic mass is 16.6. The predicted molar refractivity (Wildman–Crippen MR) is 93.4 cm³/mol. The van der Waals surface area contributed by atoms with E-state index in [1.54, 1.807) is 6.92 Å². The van der Waals surface area contributed by atoms with Crippen molar-refractivity contribution in [3.63, 3.8) is 0 Å². The van der Waals surface area contributed by atoms with E-state index in [1.165, 1.54) is 17.7 Å². The van der Waals surface area contributed by atoms with Crippen LogP contribution in [0.1, 0.15) is 44.4 Å². The van der Waals surface area contributed by atoms with Crippen molar-refractivity contribution in [2.24, 2.45) is 4.99 Å². The molecule has 9 heteroatoms. The van der Waals surface area contributed by atoms with E-state index < -0.39 is 29.6 Å². The Kier molecular flexibility index (Phi) is 6.62. The second kappa shape index (κ2) is 8.70. The average molecular weight is 365 g/mol. The Balaban J connectivity index is 1.97. The fourth-order valence-corrected chi connectivity index (χ4v) is 2.76. The molecule has 0 spiro atoms. The summed E-state index contributed by atoms with van der Waals surface area (Å²) in [5, 5.41) is 0. The second-order valence-electron chi connectivity index (χ2n) is 6.33. The van der Waals surface area contributed by atoms with Crippen LogP contribution in [0.4, 0.5) is 0 Å². The highest BCUT2D eigenvalue weighted by molar-refractivity contribution is 5.76. The molecule has 3 atom stereocenters. The summed E-state index contributed by atoms with van der Waals surface area (Å²) in [7, 11) is 0. The minimum absolute atomic E-state index is 0.0177. The Morgan fingerprint density at radius 3 is 2.81 bits per heavy atom. The van der Waals surface area contributed by atoms with Gasteiger partial charge in [0, 0.05) is 31.0 Å². The van der Waals surface area contributed by atoms with Crippen LogP contribution in [-0.4, -0.2) is 46.8 Å². The molecule has 0 saturated carbocycles. The van der Waals surface area contributed by atoms with Crippen LogP contribution in [0.15, 0.2) is 20.8 Å². The van der Waals surface area contributed by atoms with Crippen molar-refractivity contribution in [3.05, 3.63) is 32.6 Å². The van der Waals surface area contributed by atoms with Gasteiger partial charge in [0.2, 0.25) is 0 Å². The number of hydrogen-bond acceptors (Lipinski definition) is 7. The molecular formula is C17H23N3O6. The average Bonchev–Trinajstić information content (AvgIpc) is 2.99. The molecule has 9 nitrogen and oxygen atoms in total. The lowest BCUT2D eigenvalue weighted by Crippen LogP contribution is -2.33. The first-order valence-corrected chi connectivity index (χ1v) is 8.40. The summed E-state index contributed by atoms with van der Waals surface area (Å²) in [5.74, 6) is -0.393. The highest BCUT2D eigenvalue weighted by Gasteiger charge is 2.37. The summed E-state index contributed by atoms with van der Waals surface area (Å²) in [5.41, 5.74) is -0.634. The van der Waals surface area contributed by atoms with Gasteiger partial charge in [-0.25, -0.2) is 4.79 Å². The molecular weight excluding hydrogens is 342 g/mol. The third kappa shape index (κ3) is 4.98. The summed E-state index contributed by atoms with van der Waals surface area (Å²) in [6.07, 6.45) is 1.58. The monoisotopic (exact) mass is 365 g/mol. The van der Waals surface area contributed by atoms with Crippen LogP contribution in [0.5, 0.6) is 0 Å². The zero-order valence-corrected chi connectivity index (χ0v) is 14.9. The summed E-state index contributed by atoms with van der Waals surface area (Å²) >= 11 is 0. The van der Waals surface area contributed by atoms with E-state index in [1.807, 2.05) is 0 Å². The Hall–Kier alpha value is -2.55. The van der Waals surface area contributed by atoms with E-state index in [-0.39, 0.29) is 24.9 Å². The number of hydrogen-bond donors (Lipinski definition) is 1. The topological polar surface area (TPSA) is 120 Å². The number of H-pyrrole nitrogens is 1. The van der Waals surface area contributed by atoms with Gasteiger partial charge in [0.05, 0.1) is 6.04 Å². The van der Waals surface area contributed by atoms with E-state index in [0.717, 1.165) is 0 Å². The lowest BCUT2D eigenvalue weighted by atomic mass is 10.1. The van der Waals surface area contributed by atoms with Crippen LogP contribution in [-0.2, 0) is 19.1 Å². The van der Waals surface area contributed by atoms with Gasteiger partial charge in [-0.05, 0) is 27.0 Å².